The van der Waals surface area contributed by atoms with Gasteiger partial charge in [0.2, 0.25) is 5.91 Å². The van der Waals surface area contributed by atoms with Crippen molar-refractivity contribution in [3.05, 3.63) is 65.0 Å². The van der Waals surface area contributed by atoms with E-state index in [4.69, 9.17) is 0 Å². The van der Waals surface area contributed by atoms with Crippen molar-refractivity contribution in [1.82, 2.24) is 20.4 Å². The maximum atomic E-state index is 12.8. The molecule has 0 aliphatic carbocycles. The molecule has 0 radical (unpaired) electrons. The molecule has 4 rings (SSSR count). The van der Waals surface area contributed by atoms with Crippen molar-refractivity contribution in [3.63, 3.8) is 0 Å². The largest absolute Gasteiger partial charge is 0.390 e. The van der Waals surface area contributed by atoms with Crippen molar-refractivity contribution in [2.45, 2.75) is 18.7 Å². The van der Waals surface area contributed by atoms with Gasteiger partial charge in [-0.05, 0) is 6.07 Å². The molecule has 1 fully saturated rings. The van der Waals surface area contributed by atoms with Gasteiger partial charge in [-0.1, -0.05) is 48.5 Å². The molecule has 8 heteroatoms. The van der Waals surface area contributed by atoms with Crippen LogP contribution in [0.25, 0.3) is 22.0 Å². The zero-order chi connectivity index (χ0) is 18.8. The Morgan fingerprint density at radius 3 is 2.46 bits per heavy atom. The molecule has 0 spiro atoms. The number of aliphatic hydroxyl groups excluding tert-OH is 1. The Bertz CT molecular complexity index is 1040. The summed E-state index contributed by atoms with van der Waals surface area (Å²) in [6.07, 6.45) is -0.630. The molecule has 1 saturated heterocycles. The Balaban J connectivity index is 0.00000225. The van der Waals surface area contributed by atoms with E-state index in [0.29, 0.717) is 24.2 Å². The molecule has 2 atom stereocenters. The van der Waals surface area contributed by atoms with E-state index in [1.807, 2.05) is 42.5 Å². The second kappa shape index (κ2) is 8.52. The predicted molar refractivity (Wildman–Crippen MR) is 109 cm³/mol. The van der Waals surface area contributed by atoms with Gasteiger partial charge in [0, 0.05) is 24.0 Å². The van der Waals surface area contributed by atoms with Crippen LogP contribution in [0.1, 0.15) is 0 Å². The van der Waals surface area contributed by atoms with E-state index >= 15 is 0 Å². The number of fused-ring (bicyclic) bond motifs is 1. The van der Waals surface area contributed by atoms with Gasteiger partial charge < -0.3 is 15.7 Å². The normalized spacial score (nSPS) is 18.6. The van der Waals surface area contributed by atoms with Gasteiger partial charge in [-0.2, -0.15) is 5.10 Å². The lowest BCUT2D eigenvalue weighted by Crippen LogP contribution is -2.45. The lowest BCUT2D eigenvalue weighted by atomic mass is 10.1. The van der Waals surface area contributed by atoms with Gasteiger partial charge in [0.25, 0.3) is 5.56 Å². The standard InChI is InChI=1S/C20H20N4O3.ClH/c25-17-11-21-10-16(17)22-18(26)12-24-20(27)15-9-5-4-8-14(15)19(23-24)13-6-2-1-3-7-13;/h1-9,16-17,21,25H,10-12H2,(H,22,26);1H/t16-,17-;/m1./s1. The first-order chi connectivity index (χ1) is 13.1. The summed E-state index contributed by atoms with van der Waals surface area (Å²) in [6.45, 7) is 0.742. The molecular weight excluding hydrogens is 380 g/mol. The van der Waals surface area contributed by atoms with Crippen molar-refractivity contribution < 1.29 is 9.90 Å². The maximum absolute atomic E-state index is 12.8. The van der Waals surface area contributed by atoms with Crippen LogP contribution in [0.15, 0.2) is 59.4 Å². The van der Waals surface area contributed by atoms with E-state index in [-0.39, 0.29) is 36.5 Å². The third kappa shape index (κ3) is 3.91. The summed E-state index contributed by atoms with van der Waals surface area (Å²) in [6, 6.07) is 16.5. The number of hydrogen-bond acceptors (Lipinski definition) is 5. The molecule has 1 amide bonds. The first-order valence-corrected chi connectivity index (χ1v) is 8.87. The summed E-state index contributed by atoms with van der Waals surface area (Å²) in [7, 11) is 0. The number of halogens is 1. The van der Waals surface area contributed by atoms with Crippen molar-refractivity contribution in [2.24, 2.45) is 0 Å². The molecular formula is C20H21ClN4O3. The minimum absolute atomic E-state index is 0. The molecule has 0 bridgehead atoms. The molecule has 3 N–H and O–H groups in total. The second-order valence-electron chi connectivity index (χ2n) is 6.62. The van der Waals surface area contributed by atoms with Crippen LogP contribution in [0.3, 0.4) is 0 Å². The number of carbonyl (C=O) groups is 1. The third-order valence-electron chi connectivity index (χ3n) is 4.74. The number of hydrogen-bond donors (Lipinski definition) is 3. The maximum Gasteiger partial charge on any atom is 0.275 e. The monoisotopic (exact) mass is 400 g/mol. The summed E-state index contributed by atoms with van der Waals surface area (Å²) in [5, 5.41) is 21.3. The first kappa shape index (κ1) is 20.0. The SMILES string of the molecule is Cl.O=C(Cn1nc(-c2ccccc2)c2ccccc2c1=O)N[C@@H]1CNC[C@H]1O. The summed E-state index contributed by atoms with van der Waals surface area (Å²) >= 11 is 0. The number of nitrogens with zero attached hydrogens (tertiary/aromatic N) is 2. The minimum atomic E-state index is -0.630. The first-order valence-electron chi connectivity index (χ1n) is 8.87. The van der Waals surface area contributed by atoms with Gasteiger partial charge in [0.15, 0.2) is 0 Å². The Morgan fingerprint density at radius 1 is 1.11 bits per heavy atom. The molecule has 1 aliphatic heterocycles. The zero-order valence-corrected chi connectivity index (χ0v) is 15.9. The molecule has 0 saturated carbocycles. The third-order valence-corrected chi connectivity index (χ3v) is 4.74. The van der Waals surface area contributed by atoms with Gasteiger partial charge in [-0.25, -0.2) is 4.68 Å². The molecule has 146 valence electrons. The molecule has 0 unspecified atom stereocenters. The quantitative estimate of drug-likeness (QED) is 0.605. The highest BCUT2D eigenvalue weighted by molar-refractivity contribution is 5.93. The van der Waals surface area contributed by atoms with Crippen LogP contribution in [0.4, 0.5) is 0 Å². The number of β-amino-alcohol motifs (C(OH)–C–C–N with tert-alkyl or cyclic N) is 1. The summed E-state index contributed by atoms with van der Waals surface area (Å²) in [5.74, 6) is -0.355. The van der Waals surface area contributed by atoms with Crippen molar-refractivity contribution in [1.29, 1.82) is 0 Å². The summed E-state index contributed by atoms with van der Waals surface area (Å²) in [4.78, 5) is 25.2. The highest BCUT2D eigenvalue weighted by Crippen LogP contribution is 2.24. The van der Waals surface area contributed by atoms with Crippen LogP contribution in [-0.4, -0.2) is 46.0 Å². The van der Waals surface area contributed by atoms with Crippen molar-refractivity contribution in [2.75, 3.05) is 13.1 Å². The zero-order valence-electron chi connectivity index (χ0n) is 15.0. The fourth-order valence-electron chi connectivity index (χ4n) is 3.35. The molecule has 28 heavy (non-hydrogen) atoms. The van der Waals surface area contributed by atoms with E-state index in [2.05, 4.69) is 15.7 Å². The van der Waals surface area contributed by atoms with Gasteiger partial charge in [-0.3, -0.25) is 9.59 Å². The molecule has 2 aromatic carbocycles. The van der Waals surface area contributed by atoms with E-state index in [1.54, 1.807) is 12.1 Å². The van der Waals surface area contributed by atoms with Crippen molar-refractivity contribution >= 4 is 29.1 Å². The number of aliphatic hydroxyl groups is 1. The van der Waals surface area contributed by atoms with E-state index in [1.165, 1.54) is 4.68 Å². The van der Waals surface area contributed by atoms with Crippen LogP contribution < -0.4 is 16.2 Å². The van der Waals surface area contributed by atoms with Crippen LogP contribution in [0.2, 0.25) is 0 Å². The summed E-state index contributed by atoms with van der Waals surface area (Å²) < 4.78 is 1.19. The summed E-state index contributed by atoms with van der Waals surface area (Å²) in [5.41, 5.74) is 1.21. The average molecular weight is 401 g/mol. The molecule has 7 nitrogen and oxygen atoms in total. The lowest BCUT2D eigenvalue weighted by molar-refractivity contribution is -0.123. The average Bonchev–Trinajstić information content (AvgIpc) is 3.09. The van der Waals surface area contributed by atoms with Gasteiger partial charge in [-0.15, -0.1) is 12.4 Å². The number of aromatic nitrogens is 2. The van der Waals surface area contributed by atoms with Crippen LogP contribution in [0, 0.1) is 0 Å². The molecule has 3 aromatic rings. The number of carbonyl (C=O) groups excluding carboxylic acids is 1. The fraction of sp³-hybridized carbons (Fsp3) is 0.250. The lowest BCUT2D eigenvalue weighted by Gasteiger charge is -2.16. The minimum Gasteiger partial charge on any atom is -0.390 e. The Hall–Kier alpha value is -2.74. The van der Waals surface area contributed by atoms with E-state index < -0.39 is 6.10 Å². The molecule has 2 heterocycles. The Morgan fingerprint density at radius 2 is 1.79 bits per heavy atom. The molecule has 1 aromatic heterocycles. The van der Waals surface area contributed by atoms with Gasteiger partial charge >= 0.3 is 0 Å². The second-order valence-corrected chi connectivity index (χ2v) is 6.62. The van der Waals surface area contributed by atoms with Crippen LogP contribution >= 0.6 is 12.4 Å². The van der Waals surface area contributed by atoms with Crippen molar-refractivity contribution in [3.8, 4) is 11.3 Å². The number of benzene rings is 2. The van der Waals surface area contributed by atoms with Gasteiger partial charge in [0.1, 0.15) is 6.54 Å². The van der Waals surface area contributed by atoms with Crippen LogP contribution in [-0.2, 0) is 11.3 Å². The number of nitrogens with one attached hydrogen (secondary N) is 2. The topological polar surface area (TPSA) is 96.2 Å². The Kier molecular flexibility index (Phi) is 6.08. The number of rotatable bonds is 4. The van der Waals surface area contributed by atoms with E-state index in [0.717, 1.165) is 10.9 Å². The smallest absolute Gasteiger partial charge is 0.275 e. The Labute approximate surface area is 167 Å². The highest BCUT2D eigenvalue weighted by atomic mass is 35.5. The highest BCUT2D eigenvalue weighted by Gasteiger charge is 2.26. The van der Waals surface area contributed by atoms with Crippen LogP contribution in [0.5, 0.6) is 0 Å². The fourth-order valence-corrected chi connectivity index (χ4v) is 3.35. The van der Waals surface area contributed by atoms with Gasteiger partial charge in [0.05, 0.1) is 23.2 Å². The predicted octanol–water partition coefficient (Wildman–Crippen LogP) is 0.934. The van der Waals surface area contributed by atoms with E-state index in [9.17, 15) is 14.7 Å². The molecule has 1 aliphatic rings. The number of amides is 1.